The van der Waals surface area contributed by atoms with E-state index in [0.29, 0.717) is 6.42 Å². The van der Waals surface area contributed by atoms with Gasteiger partial charge in [0.25, 0.3) is 0 Å². The minimum Gasteiger partial charge on any atom is -0.496 e. The van der Waals surface area contributed by atoms with Gasteiger partial charge in [-0.2, -0.15) is 0 Å². The van der Waals surface area contributed by atoms with Gasteiger partial charge in [0.15, 0.2) is 0 Å². The van der Waals surface area contributed by atoms with Crippen molar-refractivity contribution in [2.45, 2.75) is 25.4 Å². The molecule has 0 aliphatic carbocycles. The molecule has 2 aliphatic rings. The molecule has 0 radical (unpaired) electrons. The highest BCUT2D eigenvalue weighted by Crippen LogP contribution is 2.37. The van der Waals surface area contributed by atoms with Crippen LogP contribution in [0.4, 0.5) is 0 Å². The first kappa shape index (κ1) is 17.9. The van der Waals surface area contributed by atoms with Crippen molar-refractivity contribution in [3.63, 3.8) is 0 Å². The normalized spacial score (nSPS) is 19.4. The lowest BCUT2D eigenvalue weighted by Gasteiger charge is -2.44. The van der Waals surface area contributed by atoms with Gasteiger partial charge < -0.3 is 14.4 Å². The molecule has 142 valence electrons. The number of amides is 1. The fraction of sp³-hybridized carbons (Fsp3) is 0.409. The fourth-order valence-corrected chi connectivity index (χ4v) is 4.24. The molecule has 2 heterocycles. The van der Waals surface area contributed by atoms with Gasteiger partial charge in [-0.3, -0.25) is 9.69 Å². The quantitative estimate of drug-likeness (QED) is 0.816. The molecule has 1 unspecified atom stereocenters. The molecule has 1 fully saturated rings. The molecular formula is C22H26N2O3. The molecule has 1 saturated heterocycles. The van der Waals surface area contributed by atoms with Crippen LogP contribution in [0.3, 0.4) is 0 Å². The number of methoxy groups -OCH3 is 2. The van der Waals surface area contributed by atoms with Crippen molar-refractivity contribution in [3.05, 3.63) is 59.2 Å². The number of piperazine rings is 1. The Morgan fingerprint density at radius 2 is 1.67 bits per heavy atom. The van der Waals surface area contributed by atoms with E-state index in [-0.39, 0.29) is 11.9 Å². The Bertz CT molecular complexity index is 822. The summed E-state index contributed by atoms with van der Waals surface area (Å²) in [4.78, 5) is 17.5. The van der Waals surface area contributed by atoms with Crippen LogP contribution in [0.2, 0.25) is 0 Å². The monoisotopic (exact) mass is 366 g/mol. The maximum Gasteiger partial charge on any atom is 0.240 e. The highest BCUT2D eigenvalue weighted by atomic mass is 16.5. The lowest BCUT2D eigenvalue weighted by molar-refractivity contribution is -0.142. The predicted molar refractivity (Wildman–Crippen MR) is 104 cm³/mol. The zero-order chi connectivity index (χ0) is 18.8. The van der Waals surface area contributed by atoms with Crippen molar-refractivity contribution in [3.8, 4) is 11.5 Å². The molecule has 4 rings (SSSR count). The lowest BCUT2D eigenvalue weighted by Crippen LogP contribution is -2.59. The second kappa shape index (κ2) is 7.61. The van der Waals surface area contributed by atoms with Crippen LogP contribution >= 0.6 is 0 Å². The minimum atomic E-state index is -0.108. The highest BCUT2D eigenvalue weighted by Gasteiger charge is 2.39. The Labute approximate surface area is 160 Å². The van der Waals surface area contributed by atoms with E-state index in [9.17, 15) is 4.79 Å². The van der Waals surface area contributed by atoms with Crippen LogP contribution in [0.1, 0.15) is 16.7 Å². The van der Waals surface area contributed by atoms with Gasteiger partial charge in [0.05, 0.1) is 20.3 Å². The Hall–Kier alpha value is -2.53. The van der Waals surface area contributed by atoms with Crippen LogP contribution in [-0.4, -0.2) is 55.6 Å². The fourth-order valence-electron chi connectivity index (χ4n) is 4.24. The van der Waals surface area contributed by atoms with Crippen LogP contribution in [0, 0.1) is 0 Å². The first-order valence-electron chi connectivity index (χ1n) is 9.50. The predicted octanol–water partition coefficient (Wildman–Crippen LogP) is 2.52. The molecule has 1 atom stereocenters. The van der Waals surface area contributed by atoms with Gasteiger partial charge in [-0.25, -0.2) is 0 Å². The van der Waals surface area contributed by atoms with Crippen molar-refractivity contribution < 1.29 is 14.3 Å². The summed E-state index contributed by atoms with van der Waals surface area (Å²) in [5.41, 5.74) is 3.53. The van der Waals surface area contributed by atoms with E-state index >= 15 is 0 Å². The topological polar surface area (TPSA) is 42.0 Å². The number of fused-ring (bicyclic) bond motifs is 2. The van der Waals surface area contributed by atoms with Gasteiger partial charge >= 0.3 is 0 Å². The number of hydrogen-bond acceptors (Lipinski definition) is 4. The van der Waals surface area contributed by atoms with E-state index in [1.54, 1.807) is 14.2 Å². The molecule has 1 amide bonds. The van der Waals surface area contributed by atoms with E-state index in [1.165, 1.54) is 5.56 Å². The number of rotatable bonds is 5. The third-order valence-corrected chi connectivity index (χ3v) is 5.75. The smallest absolute Gasteiger partial charge is 0.240 e. The lowest BCUT2D eigenvalue weighted by atomic mass is 9.90. The summed E-state index contributed by atoms with van der Waals surface area (Å²) in [5.74, 6) is 1.95. The number of ether oxygens (including phenoxy) is 2. The molecule has 0 N–H and O–H groups in total. The maximum atomic E-state index is 13.2. The second-order valence-electron chi connectivity index (χ2n) is 7.18. The molecule has 2 aromatic rings. The van der Waals surface area contributed by atoms with Crippen molar-refractivity contribution in [2.75, 3.05) is 33.9 Å². The van der Waals surface area contributed by atoms with Crippen molar-refractivity contribution >= 4 is 5.91 Å². The van der Waals surface area contributed by atoms with Gasteiger partial charge in [-0.15, -0.1) is 0 Å². The van der Waals surface area contributed by atoms with E-state index in [2.05, 4.69) is 17.0 Å². The average molecular weight is 366 g/mol. The minimum absolute atomic E-state index is 0.108. The van der Waals surface area contributed by atoms with Crippen LogP contribution < -0.4 is 9.47 Å². The van der Waals surface area contributed by atoms with Crippen LogP contribution in [0.25, 0.3) is 0 Å². The van der Waals surface area contributed by atoms with E-state index in [0.717, 1.165) is 55.2 Å². The summed E-state index contributed by atoms with van der Waals surface area (Å²) in [7, 11) is 3.38. The zero-order valence-corrected chi connectivity index (χ0v) is 16.0. The maximum absolute atomic E-state index is 13.2. The summed E-state index contributed by atoms with van der Waals surface area (Å²) < 4.78 is 11.1. The van der Waals surface area contributed by atoms with Crippen LogP contribution in [0.5, 0.6) is 11.5 Å². The third-order valence-electron chi connectivity index (χ3n) is 5.75. The first-order chi connectivity index (χ1) is 13.2. The number of carbonyl (C=O) groups is 1. The van der Waals surface area contributed by atoms with E-state index in [4.69, 9.17) is 9.47 Å². The summed E-state index contributed by atoms with van der Waals surface area (Å²) in [6.45, 7) is 3.18. The van der Waals surface area contributed by atoms with E-state index in [1.807, 2.05) is 35.2 Å². The summed E-state index contributed by atoms with van der Waals surface area (Å²) in [5, 5.41) is 0. The zero-order valence-electron chi connectivity index (χ0n) is 16.0. The Morgan fingerprint density at radius 3 is 2.37 bits per heavy atom. The third kappa shape index (κ3) is 3.39. The van der Waals surface area contributed by atoms with Crippen LogP contribution in [0.15, 0.2) is 42.5 Å². The van der Waals surface area contributed by atoms with Gasteiger partial charge in [0.2, 0.25) is 5.91 Å². The van der Waals surface area contributed by atoms with Crippen LogP contribution in [-0.2, 0) is 24.2 Å². The molecule has 0 saturated carbocycles. The standard InChI is InChI=1S/C22H26N2O3/c1-26-20-8-9-21(27-2)18-15-24-13-12-23(22(25)19(24)14-17(18)20)11-10-16-6-4-3-5-7-16/h3-9,19H,10-15H2,1-2H3. The first-order valence-corrected chi connectivity index (χ1v) is 9.50. The molecular weight excluding hydrogens is 340 g/mol. The Kier molecular flexibility index (Phi) is 5.03. The van der Waals surface area contributed by atoms with Gasteiger partial charge in [-0.1, -0.05) is 30.3 Å². The average Bonchev–Trinajstić information content (AvgIpc) is 2.72. The number of carbonyl (C=O) groups excluding carboxylic acids is 1. The number of benzene rings is 2. The van der Waals surface area contributed by atoms with Gasteiger partial charge in [-0.05, 0) is 24.1 Å². The molecule has 5 nitrogen and oxygen atoms in total. The Morgan fingerprint density at radius 1 is 0.963 bits per heavy atom. The van der Waals surface area contributed by atoms with Gasteiger partial charge in [0, 0.05) is 43.7 Å². The largest absolute Gasteiger partial charge is 0.496 e. The van der Waals surface area contributed by atoms with Crippen molar-refractivity contribution in [2.24, 2.45) is 0 Å². The number of nitrogens with zero attached hydrogens (tertiary/aromatic N) is 2. The van der Waals surface area contributed by atoms with Crippen molar-refractivity contribution in [1.29, 1.82) is 0 Å². The molecule has 0 aromatic heterocycles. The molecule has 27 heavy (non-hydrogen) atoms. The second-order valence-corrected chi connectivity index (χ2v) is 7.18. The summed E-state index contributed by atoms with van der Waals surface area (Å²) >= 11 is 0. The molecule has 2 aromatic carbocycles. The number of hydrogen-bond donors (Lipinski definition) is 0. The van der Waals surface area contributed by atoms with Gasteiger partial charge in [0.1, 0.15) is 11.5 Å². The highest BCUT2D eigenvalue weighted by molar-refractivity contribution is 5.83. The summed E-state index contributed by atoms with van der Waals surface area (Å²) in [6, 6.07) is 14.1. The van der Waals surface area contributed by atoms with Crippen molar-refractivity contribution in [1.82, 2.24) is 9.80 Å². The molecule has 0 bridgehead atoms. The SMILES string of the molecule is COc1ccc(OC)c2c1CC1C(=O)N(CCc3ccccc3)CCN1C2. The summed E-state index contributed by atoms with van der Waals surface area (Å²) in [6.07, 6.45) is 1.57. The molecule has 0 spiro atoms. The Balaban J connectivity index is 1.52. The van der Waals surface area contributed by atoms with E-state index < -0.39 is 0 Å². The molecule has 2 aliphatic heterocycles. The molecule has 5 heteroatoms.